The van der Waals surface area contributed by atoms with Gasteiger partial charge in [-0.1, -0.05) is 12.2 Å². The Hall–Kier alpha value is -1.84. The fourth-order valence-electron chi connectivity index (χ4n) is 1.28. The van der Waals surface area contributed by atoms with E-state index in [-0.39, 0.29) is 0 Å². The zero-order valence-corrected chi connectivity index (χ0v) is 8.82. The van der Waals surface area contributed by atoms with Gasteiger partial charge >= 0.3 is 5.97 Å². The SMILES string of the molecule is C=C(C)Cn1cc(C(=O)OC)cc1C=O. The smallest absolute Gasteiger partial charge is 0.339 e. The summed E-state index contributed by atoms with van der Waals surface area (Å²) in [5, 5.41) is 0. The quantitative estimate of drug-likeness (QED) is 0.428. The molecule has 4 nitrogen and oxygen atoms in total. The van der Waals surface area contributed by atoms with Crippen molar-refractivity contribution < 1.29 is 14.3 Å². The van der Waals surface area contributed by atoms with Gasteiger partial charge in [0.25, 0.3) is 0 Å². The zero-order chi connectivity index (χ0) is 11.4. The Balaban J connectivity index is 3.05. The number of carbonyl (C=O) groups excluding carboxylic acids is 2. The molecule has 1 rings (SSSR count). The minimum atomic E-state index is -0.446. The number of rotatable bonds is 4. The molecule has 80 valence electrons. The summed E-state index contributed by atoms with van der Waals surface area (Å²) in [7, 11) is 1.30. The second-order valence-electron chi connectivity index (χ2n) is 3.35. The van der Waals surface area contributed by atoms with Crippen LogP contribution in [-0.4, -0.2) is 23.9 Å². The van der Waals surface area contributed by atoms with Gasteiger partial charge in [-0.05, 0) is 13.0 Å². The van der Waals surface area contributed by atoms with E-state index in [0.717, 1.165) is 5.57 Å². The van der Waals surface area contributed by atoms with E-state index in [9.17, 15) is 9.59 Å². The molecule has 0 aliphatic heterocycles. The number of carbonyl (C=O) groups is 2. The molecular weight excluding hydrogens is 194 g/mol. The average Bonchev–Trinajstić information content (AvgIpc) is 2.59. The van der Waals surface area contributed by atoms with Crippen molar-refractivity contribution in [3.63, 3.8) is 0 Å². The van der Waals surface area contributed by atoms with Crippen LogP contribution in [0.1, 0.15) is 27.8 Å². The first-order valence-corrected chi connectivity index (χ1v) is 4.46. The number of hydrogen-bond acceptors (Lipinski definition) is 3. The molecule has 0 bridgehead atoms. The number of ether oxygens (including phenoxy) is 1. The molecule has 0 fully saturated rings. The fraction of sp³-hybridized carbons (Fsp3) is 0.273. The highest BCUT2D eigenvalue weighted by Crippen LogP contribution is 2.10. The molecule has 0 radical (unpaired) electrons. The molecule has 0 unspecified atom stereocenters. The predicted molar refractivity (Wildman–Crippen MR) is 56.0 cm³/mol. The Morgan fingerprint density at radius 2 is 2.33 bits per heavy atom. The molecule has 1 aromatic rings. The van der Waals surface area contributed by atoms with Gasteiger partial charge in [0.2, 0.25) is 0 Å². The fourth-order valence-corrected chi connectivity index (χ4v) is 1.28. The minimum absolute atomic E-state index is 0.376. The third kappa shape index (κ3) is 2.56. The van der Waals surface area contributed by atoms with Crippen LogP contribution in [0.15, 0.2) is 24.4 Å². The van der Waals surface area contributed by atoms with Crippen LogP contribution in [-0.2, 0) is 11.3 Å². The average molecular weight is 207 g/mol. The van der Waals surface area contributed by atoms with Crippen molar-refractivity contribution in [3.05, 3.63) is 35.7 Å². The third-order valence-corrected chi connectivity index (χ3v) is 1.91. The van der Waals surface area contributed by atoms with Gasteiger partial charge in [-0.2, -0.15) is 0 Å². The Morgan fingerprint density at radius 1 is 1.67 bits per heavy atom. The van der Waals surface area contributed by atoms with Gasteiger partial charge in [0.15, 0.2) is 6.29 Å². The summed E-state index contributed by atoms with van der Waals surface area (Å²) in [6.45, 7) is 6.12. The van der Waals surface area contributed by atoms with Gasteiger partial charge in [-0.3, -0.25) is 4.79 Å². The molecule has 0 saturated heterocycles. The number of nitrogens with zero attached hydrogens (tertiary/aromatic N) is 1. The Bertz CT molecular complexity index is 404. The van der Waals surface area contributed by atoms with E-state index in [2.05, 4.69) is 11.3 Å². The van der Waals surface area contributed by atoms with E-state index >= 15 is 0 Å². The van der Waals surface area contributed by atoms with Crippen molar-refractivity contribution in [1.82, 2.24) is 4.57 Å². The largest absolute Gasteiger partial charge is 0.465 e. The van der Waals surface area contributed by atoms with Crippen LogP contribution in [0.4, 0.5) is 0 Å². The van der Waals surface area contributed by atoms with Crippen molar-refractivity contribution in [1.29, 1.82) is 0 Å². The lowest BCUT2D eigenvalue weighted by Crippen LogP contribution is -2.02. The predicted octanol–water partition coefficient (Wildman–Crippen LogP) is 1.66. The maximum atomic E-state index is 11.2. The van der Waals surface area contributed by atoms with Gasteiger partial charge in [0.1, 0.15) is 0 Å². The van der Waals surface area contributed by atoms with Crippen molar-refractivity contribution in [3.8, 4) is 0 Å². The normalized spacial score (nSPS) is 9.73. The molecule has 0 aliphatic carbocycles. The van der Waals surface area contributed by atoms with Crippen LogP contribution in [0.25, 0.3) is 0 Å². The molecule has 0 atom stereocenters. The Morgan fingerprint density at radius 3 is 2.80 bits per heavy atom. The van der Waals surface area contributed by atoms with E-state index in [4.69, 9.17) is 0 Å². The number of allylic oxidation sites excluding steroid dienone is 1. The number of aromatic nitrogens is 1. The van der Waals surface area contributed by atoms with Crippen molar-refractivity contribution in [2.45, 2.75) is 13.5 Å². The molecule has 1 heterocycles. The van der Waals surface area contributed by atoms with Crippen LogP contribution >= 0.6 is 0 Å². The molecule has 4 heteroatoms. The highest BCUT2D eigenvalue weighted by Gasteiger charge is 2.11. The highest BCUT2D eigenvalue weighted by atomic mass is 16.5. The van der Waals surface area contributed by atoms with E-state index in [1.807, 2.05) is 6.92 Å². The van der Waals surface area contributed by atoms with Crippen LogP contribution < -0.4 is 0 Å². The zero-order valence-electron chi connectivity index (χ0n) is 8.82. The summed E-state index contributed by atoms with van der Waals surface area (Å²) in [5.41, 5.74) is 1.73. The molecule has 0 saturated carbocycles. The molecule has 0 amide bonds. The van der Waals surface area contributed by atoms with Gasteiger partial charge in [-0.25, -0.2) is 4.79 Å². The van der Waals surface area contributed by atoms with Crippen molar-refractivity contribution in [2.24, 2.45) is 0 Å². The number of esters is 1. The van der Waals surface area contributed by atoms with Crippen LogP contribution in [0.2, 0.25) is 0 Å². The van der Waals surface area contributed by atoms with Crippen LogP contribution in [0.5, 0.6) is 0 Å². The minimum Gasteiger partial charge on any atom is -0.465 e. The molecule has 15 heavy (non-hydrogen) atoms. The summed E-state index contributed by atoms with van der Waals surface area (Å²) in [5.74, 6) is -0.446. The molecular formula is C11H13NO3. The number of methoxy groups -OCH3 is 1. The first-order chi connectivity index (χ1) is 7.08. The maximum absolute atomic E-state index is 11.2. The number of aldehydes is 1. The Kier molecular flexibility index (Phi) is 3.44. The second-order valence-corrected chi connectivity index (χ2v) is 3.35. The van der Waals surface area contributed by atoms with Crippen molar-refractivity contribution in [2.75, 3.05) is 7.11 Å². The van der Waals surface area contributed by atoms with Gasteiger partial charge in [0.05, 0.1) is 18.4 Å². The summed E-state index contributed by atoms with van der Waals surface area (Å²) < 4.78 is 6.23. The Labute approximate surface area is 88.2 Å². The third-order valence-electron chi connectivity index (χ3n) is 1.91. The number of hydrogen-bond donors (Lipinski definition) is 0. The lowest BCUT2D eigenvalue weighted by Gasteiger charge is -2.03. The van der Waals surface area contributed by atoms with E-state index in [1.165, 1.54) is 13.2 Å². The van der Waals surface area contributed by atoms with E-state index < -0.39 is 5.97 Å². The maximum Gasteiger partial charge on any atom is 0.339 e. The second kappa shape index (κ2) is 4.59. The molecule has 0 aromatic carbocycles. The molecule has 0 spiro atoms. The van der Waals surface area contributed by atoms with Crippen LogP contribution in [0, 0.1) is 0 Å². The van der Waals surface area contributed by atoms with Crippen molar-refractivity contribution >= 4 is 12.3 Å². The standard InChI is InChI=1S/C11H13NO3/c1-8(2)5-12-6-9(11(14)15-3)4-10(12)7-13/h4,6-7H,1,5H2,2-3H3. The topological polar surface area (TPSA) is 48.3 Å². The first kappa shape index (κ1) is 11.2. The molecule has 1 aromatic heterocycles. The molecule has 0 aliphatic rings. The highest BCUT2D eigenvalue weighted by molar-refractivity contribution is 5.91. The summed E-state index contributed by atoms with van der Waals surface area (Å²) in [4.78, 5) is 21.9. The lowest BCUT2D eigenvalue weighted by atomic mass is 10.3. The van der Waals surface area contributed by atoms with Gasteiger partial charge in [0, 0.05) is 12.7 Å². The van der Waals surface area contributed by atoms with E-state index in [1.54, 1.807) is 10.8 Å². The van der Waals surface area contributed by atoms with E-state index in [0.29, 0.717) is 24.1 Å². The van der Waals surface area contributed by atoms with Crippen LogP contribution in [0.3, 0.4) is 0 Å². The summed E-state index contributed by atoms with van der Waals surface area (Å²) in [6.07, 6.45) is 2.29. The summed E-state index contributed by atoms with van der Waals surface area (Å²) >= 11 is 0. The monoisotopic (exact) mass is 207 g/mol. The lowest BCUT2D eigenvalue weighted by molar-refractivity contribution is 0.0600. The molecule has 0 N–H and O–H groups in total. The summed E-state index contributed by atoms with van der Waals surface area (Å²) in [6, 6.07) is 1.50. The van der Waals surface area contributed by atoms with Gasteiger partial charge < -0.3 is 9.30 Å². The first-order valence-electron chi connectivity index (χ1n) is 4.46. The van der Waals surface area contributed by atoms with Gasteiger partial charge in [-0.15, -0.1) is 0 Å².